The van der Waals surface area contributed by atoms with E-state index in [1.165, 1.54) is 25.6 Å². The number of nitrogens with zero attached hydrogens (tertiary/aromatic N) is 3. The highest BCUT2D eigenvalue weighted by atomic mass is 32.1. The molecule has 1 unspecified atom stereocenters. The van der Waals surface area contributed by atoms with E-state index in [9.17, 15) is 0 Å². The van der Waals surface area contributed by atoms with Gasteiger partial charge in [0, 0.05) is 6.04 Å². The normalized spacial score (nSPS) is 17.7. The van der Waals surface area contributed by atoms with Crippen LogP contribution in [0.5, 0.6) is 5.88 Å². The molecule has 5 nitrogen and oxygen atoms in total. The Hall–Kier alpha value is -1.43. The Morgan fingerprint density at radius 3 is 2.89 bits per heavy atom. The van der Waals surface area contributed by atoms with Crippen LogP contribution >= 0.6 is 12.2 Å². The first-order valence-electron chi connectivity index (χ1n) is 6.21. The molecule has 2 aromatic heterocycles. The van der Waals surface area contributed by atoms with E-state index in [0.29, 0.717) is 22.6 Å². The molecule has 0 aliphatic heterocycles. The molecule has 0 aromatic carbocycles. The van der Waals surface area contributed by atoms with Gasteiger partial charge in [-0.1, -0.05) is 6.42 Å². The lowest BCUT2D eigenvalue weighted by atomic mass is 9.80. The molecule has 6 heteroatoms. The third kappa shape index (κ3) is 1.63. The number of imidazole rings is 1. The maximum atomic E-state index is 5.41. The van der Waals surface area contributed by atoms with Crippen LogP contribution in [0, 0.1) is 10.7 Å². The summed E-state index contributed by atoms with van der Waals surface area (Å²) in [6.07, 6.45) is 5.40. The molecule has 1 N–H and O–H groups in total. The summed E-state index contributed by atoms with van der Waals surface area (Å²) in [5.41, 5.74) is 1.63. The summed E-state index contributed by atoms with van der Waals surface area (Å²) < 4.78 is 8.03. The molecule has 0 amide bonds. The van der Waals surface area contributed by atoms with Crippen molar-refractivity contribution in [3.63, 3.8) is 0 Å². The first-order chi connectivity index (χ1) is 8.72. The summed E-state index contributed by atoms with van der Waals surface area (Å²) in [7, 11) is 1.60. The quantitative estimate of drug-likeness (QED) is 0.866. The highest BCUT2D eigenvalue weighted by Gasteiger charge is 2.27. The standard InChI is InChI=1S/C12H16N4OS/c1-7(8-4-3-5-8)16-10-9(15-12(16)18)11(17-2)14-6-13-10/h6-8H,3-5H2,1-2H3,(H,15,18). The molecule has 18 heavy (non-hydrogen) atoms. The third-order valence-electron chi connectivity index (χ3n) is 3.90. The predicted molar refractivity (Wildman–Crippen MR) is 71.3 cm³/mol. The largest absolute Gasteiger partial charge is 0.479 e. The number of ether oxygens (including phenoxy) is 1. The summed E-state index contributed by atoms with van der Waals surface area (Å²) in [4.78, 5) is 11.6. The molecule has 0 saturated heterocycles. The zero-order valence-electron chi connectivity index (χ0n) is 10.5. The van der Waals surface area contributed by atoms with Crippen LogP contribution < -0.4 is 4.74 Å². The number of nitrogens with one attached hydrogen (secondary N) is 1. The molecule has 1 aliphatic rings. The van der Waals surface area contributed by atoms with Crippen molar-refractivity contribution in [1.29, 1.82) is 0 Å². The molecule has 1 atom stereocenters. The Balaban J connectivity index is 2.16. The van der Waals surface area contributed by atoms with Crippen molar-refractivity contribution < 1.29 is 4.74 Å². The van der Waals surface area contributed by atoms with E-state index in [4.69, 9.17) is 17.0 Å². The van der Waals surface area contributed by atoms with Gasteiger partial charge >= 0.3 is 0 Å². The number of hydrogen-bond donors (Lipinski definition) is 1. The fourth-order valence-corrected chi connectivity index (χ4v) is 2.94. The van der Waals surface area contributed by atoms with Crippen molar-refractivity contribution in [1.82, 2.24) is 19.5 Å². The molecule has 1 aliphatic carbocycles. The second kappa shape index (κ2) is 4.35. The first kappa shape index (κ1) is 11.6. The maximum absolute atomic E-state index is 5.41. The molecule has 0 radical (unpaired) electrons. The van der Waals surface area contributed by atoms with Crippen LogP contribution in [-0.4, -0.2) is 26.6 Å². The Morgan fingerprint density at radius 2 is 2.28 bits per heavy atom. The fraction of sp³-hybridized carbons (Fsp3) is 0.583. The average molecular weight is 264 g/mol. The van der Waals surface area contributed by atoms with Crippen LogP contribution in [0.15, 0.2) is 6.33 Å². The molecule has 2 heterocycles. The van der Waals surface area contributed by atoms with E-state index in [2.05, 4.69) is 26.4 Å². The Morgan fingerprint density at radius 1 is 1.50 bits per heavy atom. The zero-order valence-corrected chi connectivity index (χ0v) is 11.3. The first-order valence-corrected chi connectivity index (χ1v) is 6.62. The Bertz CT molecular complexity index is 629. The molecule has 96 valence electrons. The zero-order chi connectivity index (χ0) is 12.7. The minimum atomic E-state index is 0.375. The van der Waals surface area contributed by atoms with E-state index in [0.717, 1.165) is 11.2 Å². The predicted octanol–water partition coefficient (Wildman–Crippen LogP) is 2.86. The summed E-state index contributed by atoms with van der Waals surface area (Å²) in [5, 5.41) is 0. The molecular weight excluding hydrogens is 248 g/mol. The second-order valence-electron chi connectivity index (χ2n) is 4.81. The van der Waals surface area contributed by atoms with Crippen molar-refractivity contribution in [2.24, 2.45) is 5.92 Å². The van der Waals surface area contributed by atoms with Gasteiger partial charge < -0.3 is 9.72 Å². The minimum absolute atomic E-state index is 0.375. The van der Waals surface area contributed by atoms with Gasteiger partial charge in [0.1, 0.15) is 11.8 Å². The smallest absolute Gasteiger partial charge is 0.242 e. The van der Waals surface area contributed by atoms with E-state index in [1.807, 2.05) is 0 Å². The fourth-order valence-electron chi connectivity index (χ4n) is 2.58. The Kier molecular flexibility index (Phi) is 2.81. The number of aromatic nitrogens is 4. The lowest BCUT2D eigenvalue weighted by molar-refractivity contribution is 0.224. The lowest BCUT2D eigenvalue weighted by Gasteiger charge is -2.32. The maximum Gasteiger partial charge on any atom is 0.242 e. The van der Waals surface area contributed by atoms with E-state index in [1.54, 1.807) is 7.11 Å². The summed E-state index contributed by atoms with van der Waals surface area (Å²) in [6, 6.07) is 0.375. The van der Waals surface area contributed by atoms with Gasteiger partial charge in [0.25, 0.3) is 0 Å². The van der Waals surface area contributed by atoms with Crippen molar-refractivity contribution in [2.45, 2.75) is 32.2 Å². The van der Waals surface area contributed by atoms with E-state index < -0.39 is 0 Å². The van der Waals surface area contributed by atoms with Gasteiger partial charge in [-0.2, -0.15) is 4.98 Å². The number of aromatic amines is 1. The van der Waals surface area contributed by atoms with Crippen molar-refractivity contribution in [3.05, 3.63) is 11.1 Å². The van der Waals surface area contributed by atoms with Crippen LogP contribution in [-0.2, 0) is 0 Å². The number of fused-ring (bicyclic) bond motifs is 1. The number of H-pyrrole nitrogens is 1. The van der Waals surface area contributed by atoms with Crippen LogP contribution in [0.25, 0.3) is 11.2 Å². The van der Waals surface area contributed by atoms with Gasteiger partial charge in [0.05, 0.1) is 7.11 Å². The van der Waals surface area contributed by atoms with Crippen LogP contribution in [0.2, 0.25) is 0 Å². The van der Waals surface area contributed by atoms with E-state index in [-0.39, 0.29) is 0 Å². The molecule has 1 fully saturated rings. The van der Waals surface area contributed by atoms with Crippen molar-refractivity contribution >= 4 is 23.4 Å². The van der Waals surface area contributed by atoms with Gasteiger partial charge in [-0.25, -0.2) is 4.98 Å². The minimum Gasteiger partial charge on any atom is -0.479 e. The van der Waals surface area contributed by atoms with Gasteiger partial charge in [-0.05, 0) is 37.9 Å². The third-order valence-corrected chi connectivity index (χ3v) is 4.20. The molecule has 2 aromatic rings. The van der Waals surface area contributed by atoms with Gasteiger partial charge in [-0.3, -0.25) is 4.57 Å². The number of rotatable bonds is 3. The monoisotopic (exact) mass is 264 g/mol. The van der Waals surface area contributed by atoms with Crippen LogP contribution in [0.1, 0.15) is 32.2 Å². The number of methoxy groups -OCH3 is 1. The van der Waals surface area contributed by atoms with Gasteiger partial charge in [0.15, 0.2) is 10.4 Å². The van der Waals surface area contributed by atoms with Gasteiger partial charge in [0.2, 0.25) is 5.88 Å². The summed E-state index contributed by atoms with van der Waals surface area (Å²) in [5.74, 6) is 1.25. The van der Waals surface area contributed by atoms with Gasteiger partial charge in [-0.15, -0.1) is 0 Å². The van der Waals surface area contributed by atoms with Crippen molar-refractivity contribution in [2.75, 3.05) is 7.11 Å². The number of hydrogen-bond acceptors (Lipinski definition) is 4. The SMILES string of the molecule is COc1ncnc2c1[nH]c(=S)n2C(C)C1CCC1. The van der Waals surface area contributed by atoms with Crippen LogP contribution in [0.3, 0.4) is 0 Å². The molecule has 0 spiro atoms. The molecular formula is C12H16N4OS. The molecule has 0 bridgehead atoms. The highest BCUT2D eigenvalue weighted by molar-refractivity contribution is 7.71. The molecule has 3 rings (SSSR count). The summed E-state index contributed by atoms with van der Waals surface area (Å²) in [6.45, 7) is 2.21. The summed E-state index contributed by atoms with van der Waals surface area (Å²) >= 11 is 5.41. The van der Waals surface area contributed by atoms with E-state index >= 15 is 0 Å². The van der Waals surface area contributed by atoms with Crippen molar-refractivity contribution in [3.8, 4) is 5.88 Å². The molecule has 1 saturated carbocycles. The highest BCUT2D eigenvalue weighted by Crippen LogP contribution is 2.37. The average Bonchev–Trinajstić information content (AvgIpc) is 2.62. The van der Waals surface area contributed by atoms with Crippen LogP contribution in [0.4, 0.5) is 0 Å². The Labute approximate surface area is 110 Å². The lowest BCUT2D eigenvalue weighted by Crippen LogP contribution is -2.23. The second-order valence-corrected chi connectivity index (χ2v) is 5.20. The topological polar surface area (TPSA) is 55.7 Å².